The second-order valence-electron chi connectivity index (χ2n) is 4.28. The molecular weight excluding hydrogens is 204 g/mol. The van der Waals surface area contributed by atoms with Crippen LogP contribution in [-0.2, 0) is 14.2 Å². The number of ether oxygens (including phenoxy) is 3. The van der Waals surface area contributed by atoms with Gasteiger partial charge >= 0.3 is 0 Å². The maximum absolute atomic E-state index is 5.84. The maximum atomic E-state index is 5.84. The third-order valence-corrected chi connectivity index (χ3v) is 3.08. The fourth-order valence-corrected chi connectivity index (χ4v) is 2.39. The van der Waals surface area contributed by atoms with Gasteiger partial charge in [0.1, 0.15) is 0 Å². The summed E-state index contributed by atoms with van der Waals surface area (Å²) in [6.45, 7) is 8.59. The van der Waals surface area contributed by atoms with Gasteiger partial charge in [0.2, 0.25) is 0 Å². The first-order chi connectivity index (χ1) is 7.83. The van der Waals surface area contributed by atoms with E-state index in [0.717, 1.165) is 38.9 Å². The number of hydrogen-bond donors (Lipinski definition) is 0. The molecule has 3 atom stereocenters. The summed E-state index contributed by atoms with van der Waals surface area (Å²) >= 11 is 0. The fourth-order valence-electron chi connectivity index (χ4n) is 2.39. The lowest BCUT2D eigenvalue weighted by atomic mass is 9.91. The molecule has 0 radical (unpaired) electrons. The standard InChI is InChI=1S/C13H26O3/c1-4-8-12(14-5-2)11-9-7-10-16-13(11)15-6-3/h11-13H,4-10H2,1-3H3. The molecule has 0 bridgehead atoms. The summed E-state index contributed by atoms with van der Waals surface area (Å²) in [6, 6.07) is 0. The summed E-state index contributed by atoms with van der Waals surface area (Å²) < 4.78 is 17.2. The predicted octanol–water partition coefficient (Wildman–Crippen LogP) is 2.98. The van der Waals surface area contributed by atoms with Gasteiger partial charge in [-0.25, -0.2) is 0 Å². The normalized spacial score (nSPS) is 27.9. The molecule has 1 aliphatic rings. The minimum Gasteiger partial charge on any atom is -0.378 e. The molecular formula is C13H26O3. The van der Waals surface area contributed by atoms with Gasteiger partial charge in [0.05, 0.1) is 6.10 Å². The maximum Gasteiger partial charge on any atom is 0.162 e. The van der Waals surface area contributed by atoms with Crippen molar-refractivity contribution in [2.75, 3.05) is 19.8 Å². The van der Waals surface area contributed by atoms with Crippen LogP contribution in [0.5, 0.6) is 0 Å². The molecule has 0 aliphatic carbocycles. The van der Waals surface area contributed by atoms with Gasteiger partial charge in [-0.2, -0.15) is 0 Å². The third-order valence-electron chi connectivity index (χ3n) is 3.08. The highest BCUT2D eigenvalue weighted by molar-refractivity contribution is 4.77. The van der Waals surface area contributed by atoms with E-state index >= 15 is 0 Å². The van der Waals surface area contributed by atoms with E-state index in [-0.39, 0.29) is 6.29 Å². The zero-order chi connectivity index (χ0) is 11.8. The van der Waals surface area contributed by atoms with E-state index in [1.54, 1.807) is 0 Å². The van der Waals surface area contributed by atoms with Crippen molar-refractivity contribution in [1.82, 2.24) is 0 Å². The van der Waals surface area contributed by atoms with Crippen molar-refractivity contribution in [2.24, 2.45) is 5.92 Å². The Morgan fingerprint density at radius 2 is 2.06 bits per heavy atom. The lowest BCUT2D eigenvalue weighted by molar-refractivity contribution is -0.215. The second-order valence-corrected chi connectivity index (χ2v) is 4.28. The molecule has 0 aromatic heterocycles. The fraction of sp³-hybridized carbons (Fsp3) is 1.00. The Morgan fingerprint density at radius 3 is 2.69 bits per heavy atom. The molecule has 3 heteroatoms. The Labute approximate surface area is 99.5 Å². The minimum atomic E-state index is -0.0538. The van der Waals surface area contributed by atoms with E-state index in [9.17, 15) is 0 Å². The molecule has 0 aromatic carbocycles. The van der Waals surface area contributed by atoms with Gasteiger partial charge in [0.25, 0.3) is 0 Å². The van der Waals surface area contributed by atoms with E-state index in [4.69, 9.17) is 14.2 Å². The average Bonchev–Trinajstić information content (AvgIpc) is 2.30. The predicted molar refractivity (Wildman–Crippen MR) is 64.4 cm³/mol. The first kappa shape index (κ1) is 13.9. The largest absolute Gasteiger partial charge is 0.378 e. The zero-order valence-electron chi connectivity index (χ0n) is 10.9. The minimum absolute atomic E-state index is 0.0538. The summed E-state index contributed by atoms with van der Waals surface area (Å²) in [4.78, 5) is 0. The molecule has 0 saturated carbocycles. The van der Waals surface area contributed by atoms with E-state index in [1.165, 1.54) is 0 Å². The summed E-state index contributed by atoms with van der Waals surface area (Å²) in [5, 5.41) is 0. The van der Waals surface area contributed by atoms with Gasteiger partial charge in [-0.1, -0.05) is 13.3 Å². The molecule has 0 N–H and O–H groups in total. The highest BCUT2D eigenvalue weighted by atomic mass is 16.7. The quantitative estimate of drug-likeness (QED) is 0.673. The number of rotatable bonds is 7. The number of hydrogen-bond acceptors (Lipinski definition) is 3. The molecule has 96 valence electrons. The van der Waals surface area contributed by atoms with Crippen molar-refractivity contribution in [3.05, 3.63) is 0 Å². The third kappa shape index (κ3) is 4.04. The molecule has 1 heterocycles. The summed E-state index contributed by atoms with van der Waals surface area (Å²) in [7, 11) is 0. The molecule has 0 amide bonds. The first-order valence-corrected chi connectivity index (χ1v) is 6.68. The van der Waals surface area contributed by atoms with Crippen molar-refractivity contribution in [3.63, 3.8) is 0 Å². The highest BCUT2D eigenvalue weighted by Crippen LogP contribution is 2.29. The molecule has 1 fully saturated rings. The second kappa shape index (κ2) is 8.04. The molecule has 3 nitrogen and oxygen atoms in total. The van der Waals surface area contributed by atoms with Gasteiger partial charge in [-0.15, -0.1) is 0 Å². The first-order valence-electron chi connectivity index (χ1n) is 6.68. The van der Waals surface area contributed by atoms with Crippen LogP contribution in [-0.4, -0.2) is 32.2 Å². The Bertz CT molecular complexity index is 165. The van der Waals surface area contributed by atoms with Gasteiger partial charge in [-0.05, 0) is 33.1 Å². The van der Waals surface area contributed by atoms with Crippen LogP contribution in [0, 0.1) is 5.92 Å². The smallest absolute Gasteiger partial charge is 0.162 e. The van der Waals surface area contributed by atoms with E-state index in [0.29, 0.717) is 18.6 Å². The van der Waals surface area contributed by atoms with Crippen LogP contribution < -0.4 is 0 Å². The topological polar surface area (TPSA) is 27.7 Å². The van der Waals surface area contributed by atoms with Crippen molar-refractivity contribution < 1.29 is 14.2 Å². The Morgan fingerprint density at radius 1 is 1.25 bits per heavy atom. The molecule has 0 aromatic rings. The van der Waals surface area contributed by atoms with Crippen LogP contribution in [0.4, 0.5) is 0 Å². The molecule has 1 aliphatic heterocycles. The Kier molecular flexibility index (Phi) is 7.01. The van der Waals surface area contributed by atoms with Gasteiger partial charge in [0.15, 0.2) is 6.29 Å². The van der Waals surface area contributed by atoms with Crippen LogP contribution in [0.3, 0.4) is 0 Å². The molecule has 0 spiro atoms. The van der Waals surface area contributed by atoms with Crippen LogP contribution in [0.25, 0.3) is 0 Å². The Hall–Kier alpha value is -0.120. The van der Waals surface area contributed by atoms with Crippen LogP contribution in [0.2, 0.25) is 0 Å². The van der Waals surface area contributed by atoms with Crippen LogP contribution >= 0.6 is 0 Å². The molecule has 3 unspecified atom stereocenters. The molecule has 16 heavy (non-hydrogen) atoms. The molecule has 1 saturated heterocycles. The average molecular weight is 230 g/mol. The highest BCUT2D eigenvalue weighted by Gasteiger charge is 2.33. The lowest BCUT2D eigenvalue weighted by Crippen LogP contribution is -2.40. The van der Waals surface area contributed by atoms with E-state index in [1.807, 2.05) is 6.92 Å². The van der Waals surface area contributed by atoms with E-state index in [2.05, 4.69) is 13.8 Å². The zero-order valence-corrected chi connectivity index (χ0v) is 10.9. The molecule has 1 rings (SSSR count). The van der Waals surface area contributed by atoms with Gasteiger partial charge < -0.3 is 14.2 Å². The summed E-state index contributed by atoms with van der Waals surface area (Å²) in [5.74, 6) is 0.411. The summed E-state index contributed by atoms with van der Waals surface area (Å²) in [5.41, 5.74) is 0. The van der Waals surface area contributed by atoms with Crippen LogP contribution in [0.15, 0.2) is 0 Å². The van der Waals surface area contributed by atoms with E-state index < -0.39 is 0 Å². The van der Waals surface area contributed by atoms with Crippen molar-refractivity contribution in [1.29, 1.82) is 0 Å². The summed E-state index contributed by atoms with van der Waals surface area (Å²) in [6.07, 6.45) is 4.79. The monoisotopic (exact) mass is 230 g/mol. The van der Waals surface area contributed by atoms with Crippen molar-refractivity contribution in [3.8, 4) is 0 Å². The van der Waals surface area contributed by atoms with Gasteiger partial charge in [-0.3, -0.25) is 0 Å². The Balaban J connectivity index is 2.54. The van der Waals surface area contributed by atoms with Crippen LogP contribution in [0.1, 0.15) is 46.5 Å². The SMILES string of the molecule is CCCC(OCC)C1CCCOC1OCC. The van der Waals surface area contributed by atoms with Gasteiger partial charge in [0, 0.05) is 25.7 Å². The lowest BCUT2D eigenvalue weighted by Gasteiger charge is -2.36. The van der Waals surface area contributed by atoms with Crippen molar-refractivity contribution >= 4 is 0 Å². The van der Waals surface area contributed by atoms with Crippen molar-refractivity contribution in [2.45, 2.75) is 58.8 Å².